The minimum Gasteiger partial charge on any atom is -0.379 e. The van der Waals surface area contributed by atoms with Crippen LogP contribution in [0.15, 0.2) is 54.6 Å². The Hall–Kier alpha value is -2.85. The number of carbonyl (C=O) groups is 1. The van der Waals surface area contributed by atoms with E-state index in [2.05, 4.69) is 9.88 Å². The van der Waals surface area contributed by atoms with E-state index >= 15 is 0 Å². The van der Waals surface area contributed by atoms with Crippen LogP contribution in [-0.4, -0.2) is 60.1 Å². The maximum absolute atomic E-state index is 13.1. The Morgan fingerprint density at radius 2 is 1.91 bits per heavy atom. The molecule has 0 saturated carbocycles. The Bertz CT molecular complexity index is 1080. The third-order valence-electron chi connectivity index (χ3n) is 5.26. The van der Waals surface area contributed by atoms with E-state index in [0.717, 1.165) is 55.0 Å². The summed E-state index contributed by atoms with van der Waals surface area (Å²) in [4.78, 5) is 32.2. The highest BCUT2D eigenvalue weighted by Gasteiger charge is 2.19. The number of halogens is 1. The van der Waals surface area contributed by atoms with Crippen molar-refractivity contribution in [3.05, 3.63) is 70.3 Å². The lowest BCUT2D eigenvalue weighted by Crippen LogP contribution is -2.39. The minimum absolute atomic E-state index is 0. The van der Waals surface area contributed by atoms with Crippen LogP contribution in [0.25, 0.3) is 16.3 Å². The van der Waals surface area contributed by atoms with E-state index in [0.29, 0.717) is 11.7 Å². The van der Waals surface area contributed by atoms with Gasteiger partial charge in [0.15, 0.2) is 5.13 Å². The molecule has 174 valence electrons. The standard InChI is InChI=1S/C23H24N4O4S.ClH/c28-22(11-8-18-6-9-19(10-7-18)27(29)30)26(13-3-12-25-14-16-31-17-15-25)23-24-20-4-1-2-5-21(20)32-23;/h1-2,4-11H,3,12-17H2;1H. The van der Waals surface area contributed by atoms with Crippen molar-refractivity contribution in [2.24, 2.45) is 0 Å². The van der Waals surface area contributed by atoms with E-state index in [4.69, 9.17) is 4.74 Å². The van der Waals surface area contributed by atoms with Gasteiger partial charge >= 0.3 is 0 Å². The maximum Gasteiger partial charge on any atom is 0.269 e. The van der Waals surface area contributed by atoms with E-state index in [1.165, 1.54) is 29.5 Å². The Morgan fingerprint density at radius 3 is 2.61 bits per heavy atom. The van der Waals surface area contributed by atoms with Crippen molar-refractivity contribution in [1.29, 1.82) is 0 Å². The van der Waals surface area contributed by atoms with Gasteiger partial charge in [-0.3, -0.25) is 24.7 Å². The van der Waals surface area contributed by atoms with Crippen LogP contribution in [-0.2, 0) is 9.53 Å². The highest BCUT2D eigenvalue weighted by atomic mass is 35.5. The molecular formula is C23H25ClN4O4S. The zero-order valence-corrected chi connectivity index (χ0v) is 19.6. The van der Waals surface area contributed by atoms with Crippen LogP contribution < -0.4 is 4.90 Å². The van der Waals surface area contributed by atoms with Gasteiger partial charge in [0.05, 0.1) is 28.4 Å². The molecule has 0 N–H and O–H groups in total. The monoisotopic (exact) mass is 488 g/mol. The number of ether oxygens (including phenoxy) is 1. The van der Waals surface area contributed by atoms with E-state index in [9.17, 15) is 14.9 Å². The number of nitrogens with zero attached hydrogens (tertiary/aromatic N) is 4. The van der Waals surface area contributed by atoms with Gasteiger partial charge in [0.1, 0.15) is 0 Å². The number of anilines is 1. The first-order chi connectivity index (χ1) is 15.6. The fourth-order valence-corrected chi connectivity index (χ4v) is 4.51. The molecule has 0 radical (unpaired) electrons. The fraction of sp³-hybridized carbons (Fsp3) is 0.304. The van der Waals surface area contributed by atoms with Crippen molar-refractivity contribution in [1.82, 2.24) is 9.88 Å². The van der Waals surface area contributed by atoms with Crippen molar-refractivity contribution in [3.63, 3.8) is 0 Å². The summed E-state index contributed by atoms with van der Waals surface area (Å²) in [5.74, 6) is -0.163. The number of nitro benzene ring substituents is 1. The predicted molar refractivity (Wildman–Crippen MR) is 133 cm³/mol. The lowest BCUT2D eigenvalue weighted by molar-refractivity contribution is -0.384. The Morgan fingerprint density at radius 1 is 1.18 bits per heavy atom. The van der Waals surface area contributed by atoms with Gasteiger partial charge in [-0.15, -0.1) is 12.4 Å². The van der Waals surface area contributed by atoms with Crippen LogP contribution in [0.4, 0.5) is 10.8 Å². The van der Waals surface area contributed by atoms with E-state index < -0.39 is 4.92 Å². The summed E-state index contributed by atoms with van der Waals surface area (Å²) in [6, 6.07) is 14.0. The third kappa shape index (κ3) is 6.58. The molecular weight excluding hydrogens is 464 g/mol. The number of para-hydroxylation sites is 1. The average molecular weight is 489 g/mol. The molecule has 1 fully saturated rings. The quantitative estimate of drug-likeness (QED) is 0.265. The van der Waals surface area contributed by atoms with E-state index in [-0.39, 0.29) is 24.0 Å². The molecule has 33 heavy (non-hydrogen) atoms. The second-order valence-electron chi connectivity index (χ2n) is 7.44. The van der Waals surface area contributed by atoms with Crippen LogP contribution in [0.3, 0.4) is 0 Å². The number of hydrogen-bond donors (Lipinski definition) is 0. The maximum atomic E-state index is 13.1. The SMILES string of the molecule is Cl.O=C(C=Cc1ccc([N+](=O)[O-])cc1)N(CCCN1CCOCC1)c1nc2ccccc2s1. The number of non-ortho nitro benzene ring substituents is 1. The molecule has 4 rings (SSSR count). The van der Waals surface area contributed by atoms with Gasteiger partial charge in [-0.2, -0.15) is 0 Å². The van der Waals surface area contributed by atoms with Gasteiger partial charge in [-0.1, -0.05) is 23.5 Å². The van der Waals surface area contributed by atoms with Crippen LogP contribution in [0.1, 0.15) is 12.0 Å². The first-order valence-corrected chi connectivity index (χ1v) is 11.3. The molecule has 1 aliphatic heterocycles. The van der Waals surface area contributed by atoms with Gasteiger partial charge < -0.3 is 4.74 Å². The second kappa shape index (κ2) is 11.9. The summed E-state index contributed by atoms with van der Waals surface area (Å²) in [6.45, 7) is 4.77. The number of carbonyl (C=O) groups excluding carboxylic acids is 1. The highest BCUT2D eigenvalue weighted by molar-refractivity contribution is 7.22. The third-order valence-corrected chi connectivity index (χ3v) is 6.32. The van der Waals surface area contributed by atoms with Gasteiger partial charge in [0.25, 0.3) is 11.6 Å². The van der Waals surface area contributed by atoms with Crippen LogP contribution in [0.5, 0.6) is 0 Å². The van der Waals surface area contributed by atoms with Gasteiger partial charge in [0.2, 0.25) is 0 Å². The summed E-state index contributed by atoms with van der Waals surface area (Å²) in [5, 5.41) is 11.5. The van der Waals surface area contributed by atoms with Crippen LogP contribution in [0, 0.1) is 10.1 Å². The average Bonchev–Trinajstić information content (AvgIpc) is 3.25. The molecule has 2 aromatic carbocycles. The normalized spacial score (nSPS) is 14.3. The number of rotatable bonds is 8. The molecule has 3 aromatic rings. The van der Waals surface area contributed by atoms with Crippen molar-refractivity contribution in [2.45, 2.75) is 6.42 Å². The molecule has 0 atom stereocenters. The second-order valence-corrected chi connectivity index (χ2v) is 8.45. The number of fused-ring (bicyclic) bond motifs is 1. The lowest BCUT2D eigenvalue weighted by Gasteiger charge is -2.27. The first-order valence-electron chi connectivity index (χ1n) is 10.5. The smallest absolute Gasteiger partial charge is 0.269 e. The Labute approximate surface area is 202 Å². The largest absolute Gasteiger partial charge is 0.379 e. The summed E-state index contributed by atoms with van der Waals surface area (Å²) in [6.07, 6.45) is 4.00. The number of nitro groups is 1. The first kappa shape index (κ1) is 24.8. The van der Waals surface area contributed by atoms with Gasteiger partial charge in [-0.25, -0.2) is 4.98 Å². The zero-order valence-electron chi connectivity index (χ0n) is 18.0. The van der Waals surface area contributed by atoms with Crippen LogP contribution in [0.2, 0.25) is 0 Å². The summed E-state index contributed by atoms with van der Waals surface area (Å²) in [7, 11) is 0. The number of thiazole rings is 1. The molecule has 1 saturated heterocycles. The van der Waals surface area contributed by atoms with Crippen molar-refractivity contribution >= 4 is 56.8 Å². The molecule has 0 unspecified atom stereocenters. The van der Waals surface area contributed by atoms with Gasteiger partial charge in [-0.05, 0) is 42.3 Å². The summed E-state index contributed by atoms with van der Waals surface area (Å²) >= 11 is 1.50. The van der Waals surface area contributed by atoms with Crippen molar-refractivity contribution in [3.8, 4) is 0 Å². The zero-order chi connectivity index (χ0) is 22.3. The summed E-state index contributed by atoms with van der Waals surface area (Å²) in [5.41, 5.74) is 1.62. The topological polar surface area (TPSA) is 88.8 Å². The molecule has 8 nitrogen and oxygen atoms in total. The highest BCUT2D eigenvalue weighted by Crippen LogP contribution is 2.29. The molecule has 10 heteroatoms. The molecule has 2 heterocycles. The number of amides is 1. The van der Waals surface area contributed by atoms with Crippen molar-refractivity contribution in [2.75, 3.05) is 44.3 Å². The Kier molecular flexibility index (Phi) is 8.90. The molecule has 1 aromatic heterocycles. The summed E-state index contributed by atoms with van der Waals surface area (Å²) < 4.78 is 6.44. The Balaban J connectivity index is 0.00000306. The number of aromatic nitrogens is 1. The van der Waals surface area contributed by atoms with Crippen molar-refractivity contribution < 1.29 is 14.5 Å². The molecule has 0 aliphatic carbocycles. The predicted octanol–water partition coefficient (Wildman–Crippen LogP) is 4.40. The van der Waals surface area contributed by atoms with E-state index in [1.807, 2.05) is 24.3 Å². The lowest BCUT2D eigenvalue weighted by atomic mass is 10.2. The van der Waals surface area contributed by atoms with Crippen LogP contribution >= 0.6 is 23.7 Å². The molecule has 0 spiro atoms. The van der Waals surface area contributed by atoms with E-state index in [1.54, 1.807) is 23.1 Å². The minimum atomic E-state index is -0.442. The molecule has 1 amide bonds. The molecule has 0 bridgehead atoms. The molecule has 1 aliphatic rings. The number of morpholine rings is 1. The number of benzene rings is 2. The van der Waals surface area contributed by atoms with Gasteiger partial charge in [0, 0.05) is 44.4 Å². The number of hydrogen-bond acceptors (Lipinski definition) is 7. The fourth-order valence-electron chi connectivity index (χ4n) is 3.52.